The van der Waals surface area contributed by atoms with E-state index >= 15 is 0 Å². The minimum atomic E-state index is -0.918. The summed E-state index contributed by atoms with van der Waals surface area (Å²) in [6.07, 6.45) is 0.504. The molecule has 2 rings (SSSR count). The third-order valence-corrected chi connectivity index (χ3v) is 3.91. The van der Waals surface area contributed by atoms with Crippen LogP contribution in [0.5, 0.6) is 5.75 Å². The zero-order valence-corrected chi connectivity index (χ0v) is 13.3. The van der Waals surface area contributed by atoms with Crippen LogP contribution in [-0.4, -0.2) is 54.3 Å². The first kappa shape index (κ1) is 17.3. The number of amides is 1. The van der Waals surface area contributed by atoms with Crippen molar-refractivity contribution in [2.75, 3.05) is 26.4 Å². The molecule has 0 bridgehead atoms. The van der Waals surface area contributed by atoms with Crippen molar-refractivity contribution in [2.24, 2.45) is 5.92 Å². The zero-order chi connectivity index (χ0) is 16.7. The molecule has 0 aliphatic carbocycles. The Kier molecular flexibility index (Phi) is 6.40. The number of benzene rings is 1. The number of carbonyl (C=O) groups excluding carboxylic acids is 1. The van der Waals surface area contributed by atoms with Gasteiger partial charge in [-0.3, -0.25) is 9.59 Å². The van der Waals surface area contributed by atoms with Crippen molar-refractivity contribution in [3.8, 4) is 5.75 Å². The Morgan fingerprint density at radius 2 is 2.13 bits per heavy atom. The molecule has 6 heteroatoms. The summed E-state index contributed by atoms with van der Waals surface area (Å²) >= 11 is 0. The van der Waals surface area contributed by atoms with Crippen LogP contribution in [0.15, 0.2) is 30.3 Å². The molecule has 0 saturated carbocycles. The number of hydrogen-bond acceptors (Lipinski definition) is 4. The summed E-state index contributed by atoms with van der Waals surface area (Å²) in [5, 5.41) is 8.96. The van der Waals surface area contributed by atoms with Gasteiger partial charge in [0.2, 0.25) is 5.91 Å². The number of carboxylic acid groups (broad SMARTS) is 1. The molecule has 1 aromatic carbocycles. The molecule has 23 heavy (non-hydrogen) atoms. The first-order chi connectivity index (χ1) is 11.1. The first-order valence-electron chi connectivity index (χ1n) is 7.86. The van der Waals surface area contributed by atoms with Gasteiger partial charge in [-0.05, 0) is 18.6 Å². The molecule has 0 spiro atoms. The Bertz CT molecular complexity index is 519. The van der Waals surface area contributed by atoms with E-state index in [4.69, 9.17) is 14.6 Å². The summed E-state index contributed by atoms with van der Waals surface area (Å²) in [5.74, 6) is -0.384. The largest absolute Gasteiger partial charge is 0.494 e. The highest BCUT2D eigenvalue weighted by atomic mass is 16.5. The van der Waals surface area contributed by atoms with Gasteiger partial charge in [0.1, 0.15) is 5.75 Å². The van der Waals surface area contributed by atoms with E-state index in [9.17, 15) is 9.59 Å². The second-order valence-electron chi connectivity index (χ2n) is 5.71. The van der Waals surface area contributed by atoms with E-state index in [1.54, 1.807) is 4.90 Å². The number of carboxylic acids is 1. The average Bonchev–Trinajstić information content (AvgIpc) is 2.55. The van der Waals surface area contributed by atoms with Gasteiger partial charge in [-0.1, -0.05) is 25.1 Å². The monoisotopic (exact) mass is 321 g/mol. The van der Waals surface area contributed by atoms with Gasteiger partial charge in [-0.25, -0.2) is 0 Å². The number of ether oxygens (including phenoxy) is 2. The van der Waals surface area contributed by atoms with Crippen molar-refractivity contribution < 1.29 is 24.2 Å². The normalized spacial score (nSPS) is 19.2. The number of nitrogens with zero attached hydrogens (tertiary/aromatic N) is 1. The van der Waals surface area contributed by atoms with Crippen molar-refractivity contribution >= 4 is 11.9 Å². The molecule has 1 aliphatic rings. The number of para-hydroxylation sites is 1. The van der Waals surface area contributed by atoms with Crippen LogP contribution in [0.3, 0.4) is 0 Å². The molecule has 1 N–H and O–H groups in total. The third kappa shape index (κ3) is 5.25. The van der Waals surface area contributed by atoms with E-state index in [2.05, 4.69) is 0 Å². The van der Waals surface area contributed by atoms with Gasteiger partial charge in [0, 0.05) is 12.5 Å². The summed E-state index contributed by atoms with van der Waals surface area (Å²) in [6, 6.07) is 9.07. The highest BCUT2D eigenvalue weighted by Crippen LogP contribution is 2.17. The van der Waals surface area contributed by atoms with E-state index in [0.717, 1.165) is 5.75 Å². The maximum atomic E-state index is 12.6. The lowest BCUT2D eigenvalue weighted by atomic mass is 10.0. The topological polar surface area (TPSA) is 76.1 Å². The third-order valence-electron chi connectivity index (χ3n) is 3.91. The van der Waals surface area contributed by atoms with Crippen molar-refractivity contribution in [3.63, 3.8) is 0 Å². The molecule has 1 aromatic rings. The number of carbonyl (C=O) groups is 2. The summed E-state index contributed by atoms with van der Waals surface area (Å²) < 4.78 is 10.9. The van der Waals surface area contributed by atoms with Crippen LogP contribution < -0.4 is 4.74 Å². The molecule has 1 fully saturated rings. The van der Waals surface area contributed by atoms with Crippen LogP contribution in [0.1, 0.15) is 19.8 Å². The summed E-state index contributed by atoms with van der Waals surface area (Å²) in [4.78, 5) is 25.1. The predicted molar refractivity (Wildman–Crippen MR) is 84.3 cm³/mol. The van der Waals surface area contributed by atoms with Gasteiger partial charge >= 0.3 is 5.97 Å². The lowest BCUT2D eigenvalue weighted by Crippen LogP contribution is -2.51. The molecule has 6 nitrogen and oxygen atoms in total. The first-order valence-corrected chi connectivity index (χ1v) is 7.86. The zero-order valence-electron chi connectivity index (χ0n) is 13.3. The SMILES string of the molecule is CC(CCOc1ccccc1)C(=O)N1CCOCC1CC(=O)O. The molecule has 126 valence electrons. The molecule has 2 atom stereocenters. The van der Waals surface area contributed by atoms with Crippen LogP contribution >= 0.6 is 0 Å². The van der Waals surface area contributed by atoms with Crippen LogP contribution in [0.2, 0.25) is 0 Å². The Balaban J connectivity index is 1.83. The Morgan fingerprint density at radius 1 is 1.39 bits per heavy atom. The van der Waals surface area contributed by atoms with E-state index in [0.29, 0.717) is 26.2 Å². The van der Waals surface area contributed by atoms with Crippen LogP contribution in [0.4, 0.5) is 0 Å². The van der Waals surface area contributed by atoms with Gasteiger partial charge in [0.15, 0.2) is 0 Å². The number of rotatable bonds is 7. The van der Waals surface area contributed by atoms with Crippen LogP contribution in [0, 0.1) is 5.92 Å². The van der Waals surface area contributed by atoms with Gasteiger partial charge < -0.3 is 19.5 Å². The van der Waals surface area contributed by atoms with Crippen molar-refractivity contribution in [1.82, 2.24) is 4.90 Å². The minimum absolute atomic E-state index is 0.0313. The van der Waals surface area contributed by atoms with Crippen LogP contribution in [-0.2, 0) is 14.3 Å². The molecule has 0 aromatic heterocycles. The second kappa shape index (κ2) is 8.53. The molecular formula is C17H23NO5. The smallest absolute Gasteiger partial charge is 0.305 e. The van der Waals surface area contributed by atoms with Crippen molar-refractivity contribution in [3.05, 3.63) is 30.3 Å². The van der Waals surface area contributed by atoms with E-state index < -0.39 is 5.97 Å². The minimum Gasteiger partial charge on any atom is -0.494 e. The Hall–Kier alpha value is -2.08. The molecule has 1 saturated heterocycles. The van der Waals surface area contributed by atoms with E-state index in [1.165, 1.54) is 0 Å². The van der Waals surface area contributed by atoms with Gasteiger partial charge in [0.25, 0.3) is 0 Å². The predicted octanol–water partition coefficient (Wildman–Crippen LogP) is 1.79. The lowest BCUT2D eigenvalue weighted by Gasteiger charge is -2.36. The average molecular weight is 321 g/mol. The van der Waals surface area contributed by atoms with Crippen molar-refractivity contribution in [2.45, 2.75) is 25.8 Å². The lowest BCUT2D eigenvalue weighted by molar-refractivity contribution is -0.149. The summed E-state index contributed by atoms with van der Waals surface area (Å²) in [7, 11) is 0. The molecule has 0 radical (unpaired) electrons. The quantitative estimate of drug-likeness (QED) is 0.828. The highest BCUT2D eigenvalue weighted by molar-refractivity contribution is 5.79. The Labute approximate surface area is 136 Å². The second-order valence-corrected chi connectivity index (χ2v) is 5.71. The fourth-order valence-corrected chi connectivity index (χ4v) is 2.59. The molecule has 2 unspecified atom stereocenters. The summed E-state index contributed by atoms with van der Waals surface area (Å²) in [6.45, 7) is 3.48. The van der Waals surface area contributed by atoms with Crippen LogP contribution in [0.25, 0.3) is 0 Å². The fraction of sp³-hybridized carbons (Fsp3) is 0.529. The highest BCUT2D eigenvalue weighted by Gasteiger charge is 2.31. The molecule has 1 heterocycles. The van der Waals surface area contributed by atoms with E-state index in [-0.39, 0.29) is 30.9 Å². The van der Waals surface area contributed by atoms with E-state index in [1.807, 2.05) is 37.3 Å². The maximum absolute atomic E-state index is 12.6. The number of aliphatic carboxylic acids is 1. The number of hydrogen-bond donors (Lipinski definition) is 1. The van der Waals surface area contributed by atoms with Gasteiger partial charge in [-0.15, -0.1) is 0 Å². The summed E-state index contributed by atoms with van der Waals surface area (Å²) in [5.41, 5.74) is 0. The number of morpholine rings is 1. The van der Waals surface area contributed by atoms with Gasteiger partial charge in [-0.2, -0.15) is 0 Å². The fourth-order valence-electron chi connectivity index (χ4n) is 2.59. The molecular weight excluding hydrogens is 298 g/mol. The van der Waals surface area contributed by atoms with Gasteiger partial charge in [0.05, 0.1) is 32.3 Å². The van der Waals surface area contributed by atoms with Crippen molar-refractivity contribution in [1.29, 1.82) is 0 Å². The standard InChI is InChI=1S/C17H23NO5/c1-13(7-9-23-15-5-3-2-4-6-15)17(21)18-8-10-22-12-14(18)11-16(19)20/h2-6,13-14H,7-12H2,1H3,(H,19,20). The molecule has 1 amide bonds. The maximum Gasteiger partial charge on any atom is 0.305 e. The molecule has 1 aliphatic heterocycles. The Morgan fingerprint density at radius 3 is 2.83 bits per heavy atom.